The highest BCUT2D eigenvalue weighted by Gasteiger charge is 2.07. The zero-order valence-corrected chi connectivity index (χ0v) is 5.64. The Morgan fingerprint density at radius 1 is 1.70 bits per heavy atom. The van der Waals surface area contributed by atoms with Crippen LogP contribution in [0.2, 0.25) is 0 Å². The smallest absolute Gasteiger partial charge is 0.391 e. The average molecular weight is 164 g/mol. The SMILES string of the molecule is Nn1cnnc1OP(O)O. The van der Waals surface area contributed by atoms with Gasteiger partial charge >= 0.3 is 14.6 Å². The molecule has 0 atom stereocenters. The molecule has 0 saturated carbocycles. The number of nitrogens with zero attached hydrogens (tertiary/aromatic N) is 3. The van der Waals surface area contributed by atoms with Gasteiger partial charge in [0, 0.05) is 0 Å². The fourth-order valence-electron chi connectivity index (χ4n) is 0.370. The Morgan fingerprint density at radius 3 is 2.80 bits per heavy atom. The summed E-state index contributed by atoms with van der Waals surface area (Å²) in [5.74, 6) is 5.14. The topological polar surface area (TPSA) is 106 Å². The van der Waals surface area contributed by atoms with Gasteiger partial charge in [-0.25, -0.2) is 0 Å². The molecule has 0 aromatic carbocycles. The van der Waals surface area contributed by atoms with Crippen LogP contribution in [0.5, 0.6) is 6.01 Å². The molecule has 0 aliphatic rings. The van der Waals surface area contributed by atoms with Crippen molar-refractivity contribution in [2.45, 2.75) is 0 Å². The Balaban J connectivity index is 2.65. The molecule has 0 aliphatic carbocycles. The van der Waals surface area contributed by atoms with Crippen molar-refractivity contribution >= 4 is 8.60 Å². The van der Waals surface area contributed by atoms with E-state index in [1.54, 1.807) is 0 Å². The van der Waals surface area contributed by atoms with Gasteiger partial charge in [0.1, 0.15) is 6.33 Å². The molecular weight excluding hydrogens is 159 g/mol. The van der Waals surface area contributed by atoms with Gasteiger partial charge in [0.2, 0.25) is 0 Å². The van der Waals surface area contributed by atoms with Crippen LogP contribution in [0.15, 0.2) is 6.33 Å². The molecule has 7 nitrogen and oxygen atoms in total. The molecule has 10 heavy (non-hydrogen) atoms. The van der Waals surface area contributed by atoms with Crippen LogP contribution in [0.25, 0.3) is 0 Å². The maximum atomic E-state index is 8.31. The predicted octanol–water partition coefficient (Wildman–Crippen LogP) is -1.42. The zero-order valence-electron chi connectivity index (χ0n) is 4.75. The zero-order chi connectivity index (χ0) is 7.56. The highest BCUT2D eigenvalue weighted by Crippen LogP contribution is 2.25. The van der Waals surface area contributed by atoms with Crippen molar-refractivity contribution in [3.63, 3.8) is 0 Å². The van der Waals surface area contributed by atoms with Crippen LogP contribution in [0.1, 0.15) is 0 Å². The summed E-state index contributed by atoms with van der Waals surface area (Å²) in [5, 5.41) is 6.64. The number of aromatic nitrogens is 3. The Morgan fingerprint density at radius 2 is 2.40 bits per heavy atom. The minimum Gasteiger partial charge on any atom is -0.391 e. The molecule has 8 heteroatoms. The first-order chi connectivity index (χ1) is 4.70. The summed E-state index contributed by atoms with van der Waals surface area (Å²) < 4.78 is 5.26. The van der Waals surface area contributed by atoms with Crippen molar-refractivity contribution in [2.24, 2.45) is 0 Å². The number of nitrogens with two attached hydrogens (primary N) is 1. The van der Waals surface area contributed by atoms with Crippen LogP contribution in [0.4, 0.5) is 0 Å². The number of hydrogen-bond acceptors (Lipinski definition) is 6. The maximum absolute atomic E-state index is 8.31. The lowest BCUT2D eigenvalue weighted by molar-refractivity contribution is 0.357. The Kier molecular flexibility index (Phi) is 2.00. The van der Waals surface area contributed by atoms with Crippen LogP contribution >= 0.6 is 8.60 Å². The first kappa shape index (κ1) is 7.20. The quantitative estimate of drug-likeness (QED) is 0.366. The lowest BCUT2D eigenvalue weighted by Gasteiger charge is -2.01. The summed E-state index contributed by atoms with van der Waals surface area (Å²) in [6, 6.07) is -0.129. The van der Waals surface area contributed by atoms with Gasteiger partial charge in [-0.15, -0.1) is 5.10 Å². The molecule has 0 radical (unpaired) electrons. The number of nitrogen functional groups attached to an aromatic ring is 1. The molecule has 1 rings (SSSR count). The highest BCUT2D eigenvalue weighted by molar-refractivity contribution is 7.39. The Labute approximate surface area is 57.0 Å². The van der Waals surface area contributed by atoms with Crippen LogP contribution < -0.4 is 10.4 Å². The third-order valence-corrected chi connectivity index (χ3v) is 1.03. The van der Waals surface area contributed by atoms with E-state index in [9.17, 15) is 0 Å². The molecule has 0 amide bonds. The third-order valence-electron chi connectivity index (χ3n) is 0.704. The van der Waals surface area contributed by atoms with E-state index in [1.807, 2.05) is 0 Å². The van der Waals surface area contributed by atoms with Crippen molar-refractivity contribution < 1.29 is 14.3 Å². The van der Waals surface area contributed by atoms with Crippen LogP contribution in [-0.2, 0) is 0 Å². The molecule has 1 aromatic heterocycles. The van der Waals surface area contributed by atoms with E-state index in [2.05, 4.69) is 14.7 Å². The second-order valence-corrected chi connectivity index (χ2v) is 2.05. The monoisotopic (exact) mass is 164 g/mol. The number of hydrogen-bond donors (Lipinski definition) is 3. The minimum atomic E-state index is -2.47. The van der Waals surface area contributed by atoms with Crippen molar-refractivity contribution in [1.82, 2.24) is 14.9 Å². The molecular formula is C2H5N4O3P. The van der Waals surface area contributed by atoms with Crippen molar-refractivity contribution in [3.05, 3.63) is 6.33 Å². The third kappa shape index (κ3) is 1.53. The molecule has 0 saturated heterocycles. The van der Waals surface area contributed by atoms with Gasteiger partial charge in [0.25, 0.3) is 0 Å². The van der Waals surface area contributed by atoms with Crippen molar-refractivity contribution in [3.8, 4) is 6.01 Å². The summed E-state index contributed by atoms with van der Waals surface area (Å²) in [7, 11) is -2.47. The van der Waals surface area contributed by atoms with Crippen molar-refractivity contribution in [2.75, 3.05) is 5.84 Å². The summed E-state index contributed by atoms with van der Waals surface area (Å²) in [6.45, 7) is 0. The molecule has 1 aromatic rings. The van der Waals surface area contributed by atoms with Crippen molar-refractivity contribution in [1.29, 1.82) is 0 Å². The summed E-state index contributed by atoms with van der Waals surface area (Å²) in [4.78, 5) is 16.6. The minimum absolute atomic E-state index is 0.129. The van der Waals surface area contributed by atoms with E-state index in [-0.39, 0.29) is 6.01 Å². The van der Waals surface area contributed by atoms with Gasteiger partial charge in [-0.2, -0.15) is 4.68 Å². The number of rotatable bonds is 2. The largest absolute Gasteiger partial charge is 0.394 e. The van der Waals surface area contributed by atoms with Gasteiger partial charge < -0.3 is 20.2 Å². The van der Waals surface area contributed by atoms with E-state index in [4.69, 9.17) is 15.6 Å². The maximum Gasteiger partial charge on any atom is 0.394 e. The second-order valence-electron chi connectivity index (χ2n) is 1.36. The molecule has 56 valence electrons. The molecule has 0 unspecified atom stereocenters. The molecule has 0 bridgehead atoms. The summed E-state index contributed by atoms with van der Waals surface area (Å²) in [5.41, 5.74) is 0. The van der Waals surface area contributed by atoms with Crippen LogP contribution in [0.3, 0.4) is 0 Å². The summed E-state index contributed by atoms with van der Waals surface area (Å²) >= 11 is 0. The first-order valence-corrected chi connectivity index (χ1v) is 3.37. The lowest BCUT2D eigenvalue weighted by Crippen LogP contribution is -2.08. The molecule has 1 heterocycles. The molecule has 4 N–H and O–H groups in total. The van der Waals surface area contributed by atoms with Crippen LogP contribution in [0, 0.1) is 0 Å². The normalized spacial score (nSPS) is 10.3. The summed E-state index contributed by atoms with van der Waals surface area (Å²) in [6.07, 6.45) is 1.17. The lowest BCUT2D eigenvalue weighted by atomic mass is 11.2. The standard InChI is InChI=1S/C2H5N4O3P/c3-6-1-4-5-2(6)9-10(7)8/h1,7-8H,3H2. The van der Waals surface area contributed by atoms with Gasteiger partial charge in [-0.3, -0.25) is 0 Å². The van der Waals surface area contributed by atoms with Gasteiger partial charge in [-0.1, -0.05) is 5.10 Å². The van der Waals surface area contributed by atoms with E-state index in [0.29, 0.717) is 0 Å². The predicted molar refractivity (Wildman–Crippen MR) is 32.2 cm³/mol. The molecule has 0 spiro atoms. The molecule has 0 aliphatic heterocycles. The average Bonchev–Trinajstić information content (AvgIpc) is 2.15. The van der Waals surface area contributed by atoms with E-state index < -0.39 is 8.60 Å². The van der Waals surface area contributed by atoms with E-state index in [0.717, 1.165) is 4.68 Å². The highest BCUT2D eigenvalue weighted by atomic mass is 31.2. The Hall–Kier alpha value is -0.910. The van der Waals surface area contributed by atoms with Gasteiger partial charge in [0.15, 0.2) is 0 Å². The Bertz CT molecular complexity index is 212. The fraction of sp³-hybridized carbons (Fsp3) is 0. The second kappa shape index (κ2) is 2.78. The van der Waals surface area contributed by atoms with Gasteiger partial charge in [0.05, 0.1) is 0 Å². The van der Waals surface area contributed by atoms with Gasteiger partial charge in [-0.05, 0) is 0 Å². The fourth-order valence-corrected chi connectivity index (χ4v) is 0.647. The van der Waals surface area contributed by atoms with E-state index >= 15 is 0 Å². The molecule has 0 fully saturated rings. The first-order valence-electron chi connectivity index (χ1n) is 2.21. The van der Waals surface area contributed by atoms with E-state index in [1.165, 1.54) is 6.33 Å². The van der Waals surface area contributed by atoms with Crippen LogP contribution in [-0.4, -0.2) is 24.7 Å².